The van der Waals surface area contributed by atoms with Crippen LogP contribution < -0.4 is 21.7 Å². The molecule has 12 heteroatoms. The second kappa shape index (κ2) is 12.9. The molecule has 160 valence electrons. The number of nitrogens with two attached hydrogens (primary N) is 1. The van der Waals surface area contributed by atoms with Crippen molar-refractivity contribution in [2.75, 3.05) is 18.6 Å². The van der Waals surface area contributed by atoms with Crippen LogP contribution in [0.15, 0.2) is 0 Å². The number of carbonyl (C=O) groups excluding carboxylic acids is 3. The van der Waals surface area contributed by atoms with E-state index >= 15 is 0 Å². The van der Waals surface area contributed by atoms with E-state index in [0.29, 0.717) is 5.75 Å². The molecule has 3 amide bonds. The fraction of sp³-hybridized carbons (Fsp3) is 0.688. The summed E-state index contributed by atoms with van der Waals surface area (Å²) in [5.41, 5.74) is 5.24. The van der Waals surface area contributed by atoms with Crippen molar-refractivity contribution < 1.29 is 34.2 Å². The van der Waals surface area contributed by atoms with Gasteiger partial charge in [0.1, 0.15) is 18.1 Å². The van der Waals surface area contributed by atoms with E-state index in [2.05, 4.69) is 16.0 Å². The smallest absolute Gasteiger partial charge is 0.326 e. The topological polar surface area (TPSA) is 188 Å². The lowest BCUT2D eigenvalue weighted by Gasteiger charge is -2.25. The number of nitrogens with one attached hydrogen (secondary N) is 3. The summed E-state index contributed by atoms with van der Waals surface area (Å²) >= 11 is 1.41. The van der Waals surface area contributed by atoms with Crippen molar-refractivity contribution >= 4 is 41.4 Å². The van der Waals surface area contributed by atoms with Gasteiger partial charge < -0.3 is 31.9 Å². The van der Waals surface area contributed by atoms with Gasteiger partial charge in [-0.25, -0.2) is 4.79 Å². The zero-order chi connectivity index (χ0) is 21.9. The third-order valence-corrected chi connectivity index (χ3v) is 4.33. The number of rotatable bonds is 13. The molecule has 3 unspecified atom stereocenters. The van der Waals surface area contributed by atoms with Gasteiger partial charge >= 0.3 is 11.9 Å². The summed E-state index contributed by atoms with van der Waals surface area (Å²) in [6.45, 7) is 3.10. The molecule has 0 aromatic rings. The van der Waals surface area contributed by atoms with E-state index in [0.717, 1.165) is 0 Å². The average molecular weight is 420 g/mol. The summed E-state index contributed by atoms with van der Waals surface area (Å²) in [5, 5.41) is 24.9. The second-order valence-corrected chi connectivity index (χ2v) is 7.32. The van der Waals surface area contributed by atoms with Crippen LogP contribution in [0.25, 0.3) is 0 Å². The predicted molar refractivity (Wildman–Crippen MR) is 103 cm³/mol. The number of amides is 3. The molecule has 0 aromatic carbocycles. The summed E-state index contributed by atoms with van der Waals surface area (Å²) in [6, 6.07) is -3.65. The van der Waals surface area contributed by atoms with Crippen molar-refractivity contribution in [1.29, 1.82) is 0 Å². The van der Waals surface area contributed by atoms with Gasteiger partial charge in [0.15, 0.2) is 0 Å². The minimum Gasteiger partial charge on any atom is -0.481 e. The number of carboxylic acids is 2. The molecule has 0 aromatic heterocycles. The number of carboxylic acid groups (broad SMARTS) is 2. The highest BCUT2D eigenvalue weighted by atomic mass is 32.2. The Labute approximate surface area is 167 Å². The van der Waals surface area contributed by atoms with Crippen molar-refractivity contribution in [3.05, 3.63) is 0 Å². The van der Waals surface area contributed by atoms with Gasteiger partial charge in [-0.15, -0.1) is 0 Å². The van der Waals surface area contributed by atoms with Crippen LogP contribution in [0.4, 0.5) is 0 Å². The Bertz CT molecular complexity index is 585. The summed E-state index contributed by atoms with van der Waals surface area (Å²) in [7, 11) is 0. The molecule has 0 saturated heterocycles. The minimum absolute atomic E-state index is 0.188. The summed E-state index contributed by atoms with van der Waals surface area (Å²) in [4.78, 5) is 58.5. The van der Waals surface area contributed by atoms with Crippen molar-refractivity contribution in [3.8, 4) is 0 Å². The highest BCUT2D eigenvalue weighted by Crippen LogP contribution is 2.06. The number of carbonyl (C=O) groups is 5. The third-order valence-electron chi connectivity index (χ3n) is 3.69. The van der Waals surface area contributed by atoms with Gasteiger partial charge in [-0.3, -0.25) is 19.2 Å². The standard InChI is InChI=1S/C16H28N4O7S/c1-8(2)13(20-11(21)7-17)15(25)18-9(4-5-28-3)14(24)19-10(16(26)27)6-12(22)23/h8-10,13H,4-7,17H2,1-3H3,(H,18,25)(H,19,24)(H,20,21)(H,22,23)(H,26,27). The molecule has 28 heavy (non-hydrogen) atoms. The first kappa shape index (κ1) is 25.7. The Hall–Kier alpha value is -2.34. The Balaban J connectivity index is 5.28. The molecule has 0 bridgehead atoms. The van der Waals surface area contributed by atoms with Crippen LogP contribution in [0.5, 0.6) is 0 Å². The fourth-order valence-electron chi connectivity index (χ4n) is 2.18. The van der Waals surface area contributed by atoms with Crippen molar-refractivity contribution in [1.82, 2.24) is 16.0 Å². The predicted octanol–water partition coefficient (Wildman–Crippen LogP) is -1.63. The number of hydrogen-bond acceptors (Lipinski definition) is 7. The van der Waals surface area contributed by atoms with E-state index in [1.165, 1.54) is 11.8 Å². The molecular formula is C16H28N4O7S. The van der Waals surface area contributed by atoms with Gasteiger partial charge in [-0.1, -0.05) is 13.8 Å². The molecule has 0 saturated carbocycles. The van der Waals surface area contributed by atoms with Gasteiger partial charge in [-0.05, 0) is 24.3 Å². The van der Waals surface area contributed by atoms with Gasteiger partial charge in [-0.2, -0.15) is 11.8 Å². The highest BCUT2D eigenvalue weighted by molar-refractivity contribution is 7.98. The number of hydrogen-bond donors (Lipinski definition) is 6. The lowest BCUT2D eigenvalue weighted by molar-refractivity contribution is -0.147. The molecule has 3 atom stereocenters. The van der Waals surface area contributed by atoms with Crippen LogP contribution in [-0.2, 0) is 24.0 Å². The minimum atomic E-state index is -1.63. The molecule has 0 aliphatic heterocycles. The monoisotopic (exact) mass is 420 g/mol. The van der Waals surface area contributed by atoms with Gasteiger partial charge in [0.05, 0.1) is 13.0 Å². The Morgan fingerprint density at radius 1 is 0.964 bits per heavy atom. The molecular weight excluding hydrogens is 392 g/mol. The molecule has 0 aliphatic carbocycles. The van der Waals surface area contributed by atoms with E-state index in [1.54, 1.807) is 20.1 Å². The summed E-state index contributed by atoms with van der Waals surface area (Å²) < 4.78 is 0. The molecule has 0 rings (SSSR count). The van der Waals surface area contributed by atoms with E-state index < -0.39 is 54.2 Å². The van der Waals surface area contributed by atoms with E-state index in [9.17, 15) is 24.0 Å². The van der Waals surface area contributed by atoms with Crippen molar-refractivity contribution in [3.63, 3.8) is 0 Å². The largest absolute Gasteiger partial charge is 0.481 e. The van der Waals surface area contributed by atoms with Crippen molar-refractivity contribution in [2.45, 2.75) is 44.8 Å². The van der Waals surface area contributed by atoms with Gasteiger partial charge in [0.2, 0.25) is 17.7 Å². The Kier molecular flexibility index (Phi) is 11.9. The van der Waals surface area contributed by atoms with E-state index in [4.69, 9.17) is 15.9 Å². The van der Waals surface area contributed by atoms with Gasteiger partial charge in [0, 0.05) is 0 Å². The molecule has 0 aliphatic rings. The molecule has 0 heterocycles. The fourth-order valence-corrected chi connectivity index (χ4v) is 2.65. The number of aliphatic carboxylic acids is 2. The quantitative estimate of drug-likeness (QED) is 0.203. The Morgan fingerprint density at radius 2 is 1.54 bits per heavy atom. The molecule has 7 N–H and O–H groups in total. The first-order valence-electron chi connectivity index (χ1n) is 8.57. The third kappa shape index (κ3) is 9.55. The van der Waals surface area contributed by atoms with Crippen LogP contribution >= 0.6 is 11.8 Å². The first-order chi connectivity index (χ1) is 13.0. The maximum absolute atomic E-state index is 12.5. The normalized spacial score (nSPS) is 13.9. The van der Waals surface area contributed by atoms with E-state index in [1.807, 2.05) is 0 Å². The zero-order valence-electron chi connectivity index (χ0n) is 16.1. The lowest BCUT2D eigenvalue weighted by Crippen LogP contribution is -2.57. The van der Waals surface area contributed by atoms with Crippen LogP contribution in [0.1, 0.15) is 26.7 Å². The highest BCUT2D eigenvalue weighted by Gasteiger charge is 2.31. The van der Waals surface area contributed by atoms with Crippen LogP contribution in [0.2, 0.25) is 0 Å². The molecule has 11 nitrogen and oxygen atoms in total. The maximum Gasteiger partial charge on any atom is 0.326 e. The van der Waals surface area contributed by atoms with Crippen LogP contribution in [-0.4, -0.2) is 76.6 Å². The van der Waals surface area contributed by atoms with Crippen LogP contribution in [0, 0.1) is 5.92 Å². The average Bonchev–Trinajstić information content (AvgIpc) is 2.60. The SMILES string of the molecule is CSCCC(NC(=O)C(NC(=O)CN)C(C)C)C(=O)NC(CC(=O)O)C(=O)O. The molecule has 0 spiro atoms. The number of thioether (sulfide) groups is 1. The summed E-state index contributed by atoms with van der Waals surface area (Å²) in [5.74, 6) is -4.67. The first-order valence-corrected chi connectivity index (χ1v) is 9.96. The summed E-state index contributed by atoms with van der Waals surface area (Å²) in [6.07, 6.45) is 1.18. The maximum atomic E-state index is 12.5. The lowest BCUT2D eigenvalue weighted by atomic mass is 10.0. The zero-order valence-corrected chi connectivity index (χ0v) is 16.9. The van der Waals surface area contributed by atoms with Crippen molar-refractivity contribution in [2.24, 2.45) is 11.7 Å². The Morgan fingerprint density at radius 3 is 1.96 bits per heavy atom. The molecule has 0 radical (unpaired) electrons. The van der Waals surface area contributed by atoms with E-state index in [-0.39, 0.29) is 18.9 Å². The van der Waals surface area contributed by atoms with Gasteiger partial charge in [0.25, 0.3) is 0 Å². The second-order valence-electron chi connectivity index (χ2n) is 6.33. The molecule has 0 fully saturated rings. The van der Waals surface area contributed by atoms with Crippen LogP contribution in [0.3, 0.4) is 0 Å².